The van der Waals surface area contributed by atoms with Crippen molar-refractivity contribution in [3.05, 3.63) is 63.7 Å². The summed E-state index contributed by atoms with van der Waals surface area (Å²) >= 11 is 6.39. The summed E-state index contributed by atoms with van der Waals surface area (Å²) < 4.78 is 9.95. The number of hydrogen-bond acceptors (Lipinski definition) is 7. The summed E-state index contributed by atoms with van der Waals surface area (Å²) in [5.74, 6) is -0.270. The lowest BCUT2D eigenvalue weighted by Gasteiger charge is -2.34. The van der Waals surface area contributed by atoms with Gasteiger partial charge < -0.3 is 9.47 Å². The van der Waals surface area contributed by atoms with Crippen LogP contribution in [0.4, 0.5) is 5.69 Å². The lowest BCUT2D eigenvalue weighted by Crippen LogP contribution is -2.40. The highest BCUT2D eigenvalue weighted by atomic mass is 35.5. The van der Waals surface area contributed by atoms with Gasteiger partial charge in [-0.15, -0.1) is 0 Å². The van der Waals surface area contributed by atoms with Crippen molar-refractivity contribution in [2.75, 3.05) is 18.2 Å². The predicted molar refractivity (Wildman–Crippen MR) is 136 cm³/mol. The van der Waals surface area contributed by atoms with Crippen LogP contribution >= 0.6 is 11.6 Å². The zero-order chi connectivity index (χ0) is 25.2. The van der Waals surface area contributed by atoms with E-state index in [1.807, 2.05) is 24.3 Å². The van der Waals surface area contributed by atoms with E-state index < -0.39 is 18.5 Å². The molecule has 1 aliphatic heterocycles. The topological polar surface area (TPSA) is 92.0 Å². The number of halogens is 1. The average molecular weight is 506 g/mol. The molecule has 0 spiro atoms. The third-order valence-electron chi connectivity index (χ3n) is 7.45. The SMILES string of the molecule is CCOC(=O)COC(=O)c1ccc2c(c1)CC[C@H]1C2=NN(c2ccc(C#N)c(Cl)c2)[C@H]1C1CCCC1. The fraction of sp³-hybridized carbons (Fsp3) is 0.429. The second-order valence-corrected chi connectivity index (χ2v) is 9.95. The number of rotatable bonds is 6. The van der Waals surface area contributed by atoms with E-state index in [-0.39, 0.29) is 18.6 Å². The van der Waals surface area contributed by atoms with Crippen LogP contribution in [0.15, 0.2) is 41.5 Å². The Morgan fingerprint density at radius 1 is 1.14 bits per heavy atom. The van der Waals surface area contributed by atoms with E-state index in [4.69, 9.17) is 26.2 Å². The number of carbonyl (C=O) groups is 2. The summed E-state index contributed by atoms with van der Waals surface area (Å²) in [6, 6.07) is 13.4. The van der Waals surface area contributed by atoms with Crippen LogP contribution in [-0.4, -0.2) is 36.9 Å². The second kappa shape index (κ2) is 10.3. The molecule has 186 valence electrons. The summed E-state index contributed by atoms with van der Waals surface area (Å²) in [4.78, 5) is 24.0. The molecule has 0 amide bonds. The molecule has 2 atom stereocenters. The number of aryl methyl sites for hydroxylation is 1. The zero-order valence-electron chi connectivity index (χ0n) is 20.2. The number of nitriles is 1. The number of carbonyl (C=O) groups excluding carboxylic acids is 2. The lowest BCUT2D eigenvalue weighted by atomic mass is 9.75. The first-order valence-corrected chi connectivity index (χ1v) is 12.9. The van der Waals surface area contributed by atoms with Crippen LogP contribution in [0.2, 0.25) is 5.02 Å². The Hall–Kier alpha value is -3.37. The van der Waals surface area contributed by atoms with Gasteiger partial charge in [-0.2, -0.15) is 10.4 Å². The van der Waals surface area contributed by atoms with Crippen LogP contribution < -0.4 is 5.01 Å². The van der Waals surface area contributed by atoms with E-state index in [1.165, 1.54) is 25.7 Å². The predicted octanol–water partition coefficient (Wildman–Crippen LogP) is 5.28. The Kier molecular flexibility index (Phi) is 6.97. The van der Waals surface area contributed by atoms with Crippen molar-refractivity contribution in [2.45, 2.75) is 51.5 Å². The highest BCUT2D eigenvalue weighted by molar-refractivity contribution is 6.32. The van der Waals surface area contributed by atoms with Gasteiger partial charge in [0.05, 0.1) is 40.2 Å². The summed E-state index contributed by atoms with van der Waals surface area (Å²) in [5, 5.41) is 17.0. The van der Waals surface area contributed by atoms with Gasteiger partial charge in [0.25, 0.3) is 0 Å². The van der Waals surface area contributed by atoms with E-state index in [0.717, 1.165) is 35.4 Å². The molecule has 3 aliphatic rings. The van der Waals surface area contributed by atoms with Gasteiger partial charge in [-0.3, -0.25) is 5.01 Å². The molecule has 0 bridgehead atoms. The van der Waals surface area contributed by atoms with Crippen molar-refractivity contribution in [3.8, 4) is 6.07 Å². The van der Waals surface area contributed by atoms with Gasteiger partial charge in [0.2, 0.25) is 0 Å². The molecule has 36 heavy (non-hydrogen) atoms. The molecule has 2 aromatic rings. The van der Waals surface area contributed by atoms with Crippen molar-refractivity contribution in [3.63, 3.8) is 0 Å². The molecule has 1 fully saturated rings. The Morgan fingerprint density at radius 3 is 2.67 bits per heavy atom. The molecular weight excluding hydrogens is 478 g/mol. The van der Waals surface area contributed by atoms with Gasteiger partial charge in [0.1, 0.15) is 6.07 Å². The number of hydrazone groups is 1. The van der Waals surface area contributed by atoms with Crippen LogP contribution in [-0.2, 0) is 20.7 Å². The first-order valence-electron chi connectivity index (χ1n) is 12.5. The van der Waals surface area contributed by atoms with Gasteiger partial charge in [-0.1, -0.05) is 30.5 Å². The maximum Gasteiger partial charge on any atom is 0.344 e. The first kappa shape index (κ1) is 24.3. The minimum Gasteiger partial charge on any atom is -0.463 e. The third-order valence-corrected chi connectivity index (χ3v) is 7.76. The number of esters is 2. The van der Waals surface area contributed by atoms with Crippen LogP contribution in [0.5, 0.6) is 0 Å². The largest absolute Gasteiger partial charge is 0.463 e. The van der Waals surface area contributed by atoms with E-state index >= 15 is 0 Å². The van der Waals surface area contributed by atoms with Crippen molar-refractivity contribution in [2.24, 2.45) is 16.9 Å². The Balaban J connectivity index is 1.44. The normalized spacial score (nSPS) is 20.8. The van der Waals surface area contributed by atoms with E-state index in [2.05, 4.69) is 11.1 Å². The van der Waals surface area contributed by atoms with Crippen molar-refractivity contribution in [1.82, 2.24) is 0 Å². The number of nitrogens with zero attached hydrogens (tertiary/aromatic N) is 3. The van der Waals surface area contributed by atoms with Crippen LogP contribution in [0.1, 0.15) is 66.1 Å². The monoisotopic (exact) mass is 505 g/mol. The third kappa shape index (κ3) is 4.58. The molecule has 0 saturated heterocycles. The average Bonchev–Trinajstić information content (AvgIpc) is 3.55. The summed E-state index contributed by atoms with van der Waals surface area (Å²) in [5.41, 5.74) is 4.92. The molecule has 2 aromatic carbocycles. The quantitative estimate of drug-likeness (QED) is 0.496. The minimum absolute atomic E-state index is 0.242. The highest BCUT2D eigenvalue weighted by Crippen LogP contribution is 2.45. The molecule has 0 unspecified atom stereocenters. The maximum absolute atomic E-state index is 12.5. The van der Waals surface area contributed by atoms with Crippen LogP contribution in [0, 0.1) is 23.2 Å². The van der Waals surface area contributed by atoms with Crippen LogP contribution in [0.3, 0.4) is 0 Å². The lowest BCUT2D eigenvalue weighted by molar-refractivity contribution is -0.146. The highest BCUT2D eigenvalue weighted by Gasteiger charge is 2.45. The number of ether oxygens (including phenoxy) is 2. The smallest absolute Gasteiger partial charge is 0.344 e. The number of hydrogen-bond donors (Lipinski definition) is 0. The van der Waals surface area contributed by atoms with Crippen molar-refractivity contribution in [1.29, 1.82) is 5.26 Å². The number of anilines is 1. The van der Waals surface area contributed by atoms with E-state index in [1.54, 1.807) is 19.1 Å². The van der Waals surface area contributed by atoms with Crippen molar-refractivity contribution < 1.29 is 19.1 Å². The van der Waals surface area contributed by atoms with Crippen molar-refractivity contribution >= 4 is 34.9 Å². The fourth-order valence-electron chi connectivity index (χ4n) is 5.84. The van der Waals surface area contributed by atoms with E-state index in [9.17, 15) is 14.9 Å². The first-order chi connectivity index (χ1) is 17.5. The molecule has 0 N–H and O–H groups in total. The molecule has 0 aromatic heterocycles. The molecule has 1 heterocycles. The molecule has 2 aliphatic carbocycles. The van der Waals surface area contributed by atoms with Gasteiger partial charge >= 0.3 is 11.9 Å². The molecule has 0 radical (unpaired) electrons. The van der Waals surface area contributed by atoms with Gasteiger partial charge in [0.15, 0.2) is 6.61 Å². The summed E-state index contributed by atoms with van der Waals surface area (Å²) in [6.07, 6.45) is 6.61. The van der Waals surface area contributed by atoms with Crippen LogP contribution in [0.25, 0.3) is 0 Å². The Labute approximate surface area is 215 Å². The fourth-order valence-corrected chi connectivity index (χ4v) is 6.06. The molecule has 5 rings (SSSR count). The Morgan fingerprint density at radius 2 is 1.94 bits per heavy atom. The molecule has 8 heteroatoms. The van der Waals surface area contributed by atoms with Gasteiger partial charge in [-0.05, 0) is 74.4 Å². The molecule has 1 saturated carbocycles. The maximum atomic E-state index is 12.5. The van der Waals surface area contributed by atoms with E-state index in [0.29, 0.717) is 22.1 Å². The van der Waals surface area contributed by atoms with Gasteiger partial charge in [0, 0.05) is 11.5 Å². The number of fused-ring (bicyclic) bond motifs is 3. The second-order valence-electron chi connectivity index (χ2n) is 9.54. The molecular formula is C28H28ClN3O4. The Bertz CT molecular complexity index is 1260. The molecule has 7 nitrogen and oxygen atoms in total. The minimum atomic E-state index is -0.562. The summed E-state index contributed by atoms with van der Waals surface area (Å²) in [6.45, 7) is 1.55. The summed E-state index contributed by atoms with van der Waals surface area (Å²) in [7, 11) is 0. The standard InChI is InChI=1S/C28H28ClN3O4/c1-2-35-25(33)16-36-28(34)19-9-11-22-18(13-19)8-12-23-26(22)31-32(27(23)17-5-3-4-6-17)21-10-7-20(15-30)24(29)14-21/h7,9-11,13-14,17,23,27H,2-6,8,12,16H2,1H3/t23-,27-/m0/s1. The zero-order valence-corrected chi connectivity index (χ0v) is 21.0. The van der Waals surface area contributed by atoms with Gasteiger partial charge in [-0.25, -0.2) is 9.59 Å². The number of benzene rings is 2.